The van der Waals surface area contributed by atoms with Crippen molar-refractivity contribution >= 4 is 22.3 Å². The highest BCUT2D eigenvalue weighted by atomic mass is 32.2. The number of nitrogens with two attached hydrogens (primary N) is 1. The summed E-state index contributed by atoms with van der Waals surface area (Å²) in [6.45, 7) is -0.0348. The summed E-state index contributed by atoms with van der Waals surface area (Å²) < 4.78 is 41.1. The van der Waals surface area contributed by atoms with Crippen LogP contribution < -0.4 is 5.73 Å². The number of hydrogen-bond donors (Lipinski definition) is 3. The van der Waals surface area contributed by atoms with Gasteiger partial charge in [0.1, 0.15) is 11.6 Å². The fourth-order valence-corrected chi connectivity index (χ4v) is 4.85. The van der Waals surface area contributed by atoms with Gasteiger partial charge in [-0.1, -0.05) is 30.3 Å². The number of rotatable bonds is 5. The molecular formula is C21H21FN4O5S. The predicted molar refractivity (Wildman–Crippen MR) is 116 cm³/mol. The Bertz CT molecular complexity index is 1200. The van der Waals surface area contributed by atoms with Gasteiger partial charge in [-0.15, -0.1) is 0 Å². The minimum atomic E-state index is -3.56. The Labute approximate surface area is 184 Å². The Balaban J connectivity index is 0.000000913. The molecule has 0 radical (unpaired) electrons. The molecule has 3 aromatic rings. The van der Waals surface area contributed by atoms with Crippen LogP contribution in [0.1, 0.15) is 5.56 Å². The topological polar surface area (TPSA) is 147 Å². The number of aliphatic hydroxyl groups is 1. The number of β-amino-alcohol motifs (C(OH)–C–C–N with tert-alkyl or cyclic N) is 1. The van der Waals surface area contributed by atoms with Gasteiger partial charge in [-0.05, 0) is 28.8 Å². The maximum atomic E-state index is 14.8. The summed E-state index contributed by atoms with van der Waals surface area (Å²) in [5.74, 6) is -0.469. The monoisotopic (exact) mass is 460 g/mol. The van der Waals surface area contributed by atoms with Crippen LogP contribution in [0.15, 0.2) is 54.9 Å². The van der Waals surface area contributed by atoms with Crippen LogP contribution >= 0.6 is 0 Å². The van der Waals surface area contributed by atoms with E-state index in [0.717, 1.165) is 0 Å². The second-order valence-electron chi connectivity index (χ2n) is 7.01. The maximum Gasteiger partial charge on any atom is 0.290 e. The highest BCUT2D eigenvalue weighted by Gasteiger charge is 2.34. The number of sulfonamides is 1. The molecule has 4 N–H and O–H groups in total. The zero-order valence-electron chi connectivity index (χ0n) is 16.8. The lowest BCUT2D eigenvalue weighted by Gasteiger charge is -2.34. The van der Waals surface area contributed by atoms with Gasteiger partial charge in [0.15, 0.2) is 0 Å². The number of halogens is 1. The largest absolute Gasteiger partial charge is 0.483 e. The van der Waals surface area contributed by atoms with E-state index in [9.17, 15) is 17.9 Å². The van der Waals surface area contributed by atoms with Gasteiger partial charge in [0.25, 0.3) is 6.47 Å². The summed E-state index contributed by atoms with van der Waals surface area (Å²) >= 11 is 0. The van der Waals surface area contributed by atoms with E-state index in [-0.39, 0.29) is 36.7 Å². The Morgan fingerprint density at radius 2 is 1.81 bits per heavy atom. The lowest BCUT2D eigenvalue weighted by atomic mass is 9.98. The van der Waals surface area contributed by atoms with Crippen molar-refractivity contribution in [3.8, 4) is 22.4 Å². The molecule has 1 aromatic heterocycles. The summed E-state index contributed by atoms with van der Waals surface area (Å²) in [6.07, 6.45) is 2.14. The third-order valence-electron chi connectivity index (χ3n) is 4.81. The number of hydrogen-bond acceptors (Lipinski definition) is 7. The summed E-state index contributed by atoms with van der Waals surface area (Å²) in [7, 11) is -3.56. The number of carbonyl (C=O) groups is 1. The predicted octanol–water partition coefficient (Wildman–Crippen LogP) is 1.74. The van der Waals surface area contributed by atoms with Crippen molar-refractivity contribution in [2.24, 2.45) is 0 Å². The van der Waals surface area contributed by atoms with E-state index in [1.807, 2.05) is 0 Å². The maximum absolute atomic E-state index is 14.8. The van der Waals surface area contributed by atoms with Crippen LogP contribution in [0.5, 0.6) is 0 Å². The van der Waals surface area contributed by atoms with Gasteiger partial charge < -0.3 is 15.9 Å². The van der Waals surface area contributed by atoms with E-state index in [4.69, 9.17) is 15.6 Å². The second-order valence-corrected chi connectivity index (χ2v) is 8.98. The first-order chi connectivity index (χ1) is 15.2. The molecule has 1 fully saturated rings. The van der Waals surface area contributed by atoms with Gasteiger partial charge in [-0.2, -0.15) is 4.31 Å². The first-order valence-electron chi connectivity index (χ1n) is 9.44. The Kier molecular flexibility index (Phi) is 7.13. The normalized spacial score (nSPS) is 14.2. The molecule has 0 unspecified atom stereocenters. The molecule has 0 bridgehead atoms. The lowest BCUT2D eigenvalue weighted by molar-refractivity contribution is -0.122. The van der Waals surface area contributed by atoms with E-state index in [2.05, 4.69) is 9.97 Å². The number of benzene rings is 2. The fourth-order valence-electron chi connectivity index (χ4n) is 3.23. The van der Waals surface area contributed by atoms with E-state index in [0.29, 0.717) is 22.4 Å². The molecule has 0 amide bonds. The van der Waals surface area contributed by atoms with Crippen LogP contribution in [-0.4, -0.2) is 58.6 Å². The third kappa shape index (κ3) is 5.25. The molecular weight excluding hydrogens is 439 g/mol. The van der Waals surface area contributed by atoms with Gasteiger partial charge in [-0.3, -0.25) is 9.78 Å². The highest BCUT2D eigenvalue weighted by molar-refractivity contribution is 7.88. The zero-order valence-corrected chi connectivity index (χ0v) is 17.6. The smallest absolute Gasteiger partial charge is 0.290 e. The molecule has 0 saturated carbocycles. The van der Waals surface area contributed by atoms with Crippen LogP contribution in [0.2, 0.25) is 0 Å². The van der Waals surface area contributed by atoms with Crippen LogP contribution in [0, 0.1) is 5.82 Å². The van der Waals surface area contributed by atoms with Crippen molar-refractivity contribution in [1.29, 1.82) is 0 Å². The summed E-state index contributed by atoms with van der Waals surface area (Å²) in [5.41, 5.74) is 7.91. The number of nitrogen functional groups attached to an aromatic ring is 1. The Morgan fingerprint density at radius 1 is 1.12 bits per heavy atom. The zero-order chi connectivity index (χ0) is 23.3. The molecule has 32 heavy (non-hydrogen) atoms. The van der Waals surface area contributed by atoms with Crippen molar-refractivity contribution < 1.29 is 27.8 Å². The molecule has 1 aliphatic heterocycles. The standard InChI is InChI=1S/C20H19FN4O3S.CH2O2/c21-18-7-13(5-6-17(18)19-8-24-20(22)9-23-19)16-4-2-1-3-14(16)12-29(27,28)25-10-15(26)11-25;2-1-3/h1-9,15,26H,10-12H2,(H2,22,24);1H,(H,2,3). The molecule has 9 nitrogen and oxygen atoms in total. The molecule has 0 aliphatic carbocycles. The average Bonchev–Trinajstić information content (AvgIpc) is 2.73. The first kappa shape index (κ1) is 23.3. The summed E-state index contributed by atoms with van der Waals surface area (Å²) in [6, 6.07) is 11.6. The van der Waals surface area contributed by atoms with Gasteiger partial charge in [0.05, 0.1) is 29.9 Å². The Hall–Kier alpha value is -3.41. The molecule has 11 heteroatoms. The second kappa shape index (κ2) is 9.81. The van der Waals surface area contributed by atoms with Gasteiger partial charge in [0, 0.05) is 18.7 Å². The minimum absolute atomic E-state index is 0.108. The van der Waals surface area contributed by atoms with Crippen molar-refractivity contribution in [1.82, 2.24) is 14.3 Å². The van der Waals surface area contributed by atoms with Crippen LogP contribution in [0.4, 0.5) is 10.2 Å². The highest BCUT2D eigenvalue weighted by Crippen LogP contribution is 2.30. The van der Waals surface area contributed by atoms with Crippen molar-refractivity contribution in [2.75, 3.05) is 18.8 Å². The fraction of sp³-hybridized carbons (Fsp3) is 0.190. The molecule has 0 atom stereocenters. The van der Waals surface area contributed by atoms with Crippen LogP contribution in [-0.2, 0) is 20.6 Å². The quantitative estimate of drug-likeness (QED) is 0.488. The van der Waals surface area contributed by atoms with Gasteiger partial charge >= 0.3 is 0 Å². The lowest BCUT2D eigenvalue weighted by Crippen LogP contribution is -2.53. The first-order valence-corrected chi connectivity index (χ1v) is 11.1. The van der Waals surface area contributed by atoms with E-state index >= 15 is 0 Å². The third-order valence-corrected chi connectivity index (χ3v) is 6.57. The molecule has 1 saturated heterocycles. The van der Waals surface area contributed by atoms with Gasteiger partial charge in [0.2, 0.25) is 10.0 Å². The number of anilines is 1. The van der Waals surface area contributed by atoms with Crippen LogP contribution in [0.25, 0.3) is 22.4 Å². The van der Waals surface area contributed by atoms with Crippen molar-refractivity contribution in [3.05, 3.63) is 66.2 Å². The molecule has 0 spiro atoms. The molecule has 2 heterocycles. The average molecular weight is 460 g/mol. The van der Waals surface area contributed by atoms with Crippen LogP contribution in [0.3, 0.4) is 0 Å². The summed E-state index contributed by atoms with van der Waals surface area (Å²) in [5, 5.41) is 16.3. The van der Waals surface area contributed by atoms with Crippen molar-refractivity contribution in [3.63, 3.8) is 0 Å². The summed E-state index contributed by atoms with van der Waals surface area (Å²) in [4.78, 5) is 16.4. The number of aliphatic hydroxyl groups excluding tert-OH is 1. The number of aromatic nitrogens is 2. The van der Waals surface area contributed by atoms with E-state index < -0.39 is 21.9 Å². The number of carboxylic acid groups (broad SMARTS) is 1. The SMILES string of the molecule is Nc1cnc(-c2ccc(-c3ccccc3CS(=O)(=O)N3CC(O)C3)cc2F)cn1.O=CO. The molecule has 168 valence electrons. The Morgan fingerprint density at radius 3 is 2.41 bits per heavy atom. The van der Waals surface area contributed by atoms with E-state index in [1.165, 1.54) is 22.8 Å². The molecule has 1 aliphatic rings. The minimum Gasteiger partial charge on any atom is -0.483 e. The molecule has 4 rings (SSSR count). The molecule has 2 aromatic carbocycles. The van der Waals surface area contributed by atoms with E-state index in [1.54, 1.807) is 36.4 Å². The van der Waals surface area contributed by atoms with Gasteiger partial charge in [-0.25, -0.2) is 17.8 Å². The number of nitrogens with zero attached hydrogens (tertiary/aromatic N) is 3. The van der Waals surface area contributed by atoms with Crippen molar-refractivity contribution in [2.45, 2.75) is 11.9 Å².